The largest absolute Gasteiger partial charge is 0.459 e. The van der Waals surface area contributed by atoms with Gasteiger partial charge < -0.3 is 18.8 Å². The van der Waals surface area contributed by atoms with Crippen LogP contribution in [0.15, 0.2) is 47.1 Å². The number of piperidine rings is 1. The Morgan fingerprint density at radius 3 is 2.56 bits per heavy atom. The highest BCUT2D eigenvalue weighted by Gasteiger charge is 2.29. The molecular weight excluding hydrogens is 406 g/mol. The zero-order valence-electron chi connectivity index (χ0n) is 18.8. The number of nitrogens with one attached hydrogen (secondary N) is 1. The second-order valence-electron chi connectivity index (χ2n) is 8.14. The summed E-state index contributed by atoms with van der Waals surface area (Å²) in [5.41, 5.74) is 1.90. The van der Waals surface area contributed by atoms with Crippen LogP contribution in [-0.4, -0.2) is 63.9 Å². The number of furan rings is 1. The number of fused-ring (bicyclic) bond motifs is 1. The van der Waals surface area contributed by atoms with E-state index in [4.69, 9.17) is 4.42 Å². The van der Waals surface area contributed by atoms with Crippen LogP contribution < -0.4 is 5.32 Å². The maximum atomic E-state index is 13.1. The molecule has 1 aliphatic rings. The molecule has 0 aliphatic carbocycles. The predicted molar refractivity (Wildman–Crippen MR) is 123 cm³/mol. The lowest BCUT2D eigenvalue weighted by Gasteiger charge is -2.30. The van der Waals surface area contributed by atoms with Gasteiger partial charge >= 0.3 is 0 Å². The summed E-state index contributed by atoms with van der Waals surface area (Å²) in [6.07, 6.45) is 2.75. The van der Waals surface area contributed by atoms with Gasteiger partial charge in [-0.3, -0.25) is 14.9 Å². The first-order valence-electron chi connectivity index (χ1n) is 11.4. The van der Waals surface area contributed by atoms with E-state index in [9.17, 15) is 9.59 Å². The number of imidazole rings is 1. The molecule has 2 amide bonds. The molecule has 1 N–H and O–H groups in total. The smallest absolute Gasteiger partial charge is 0.289 e. The van der Waals surface area contributed by atoms with Crippen molar-refractivity contribution in [2.45, 2.75) is 33.2 Å². The van der Waals surface area contributed by atoms with Crippen LogP contribution in [0.5, 0.6) is 0 Å². The van der Waals surface area contributed by atoms with Crippen molar-refractivity contribution in [3.05, 3.63) is 48.4 Å². The Hall–Kier alpha value is -3.13. The van der Waals surface area contributed by atoms with Crippen molar-refractivity contribution in [1.29, 1.82) is 0 Å². The van der Waals surface area contributed by atoms with Gasteiger partial charge in [0, 0.05) is 32.1 Å². The van der Waals surface area contributed by atoms with E-state index in [1.165, 1.54) is 6.26 Å². The van der Waals surface area contributed by atoms with Crippen LogP contribution in [0.3, 0.4) is 0 Å². The van der Waals surface area contributed by atoms with E-state index < -0.39 is 0 Å². The number of likely N-dealkylation sites (N-methyl/N-ethyl adjacent to an activating group) is 1. The van der Waals surface area contributed by atoms with Crippen molar-refractivity contribution in [2.24, 2.45) is 5.92 Å². The van der Waals surface area contributed by atoms with Gasteiger partial charge in [-0.1, -0.05) is 26.0 Å². The summed E-state index contributed by atoms with van der Waals surface area (Å²) in [4.78, 5) is 34.3. The van der Waals surface area contributed by atoms with Gasteiger partial charge in [0.05, 0.1) is 17.3 Å². The van der Waals surface area contributed by atoms with Crippen molar-refractivity contribution >= 4 is 28.8 Å². The number of rotatable bonds is 8. The lowest BCUT2D eigenvalue weighted by Crippen LogP contribution is -2.41. The van der Waals surface area contributed by atoms with Gasteiger partial charge in [0.2, 0.25) is 11.9 Å². The van der Waals surface area contributed by atoms with Crippen molar-refractivity contribution in [3.8, 4) is 0 Å². The summed E-state index contributed by atoms with van der Waals surface area (Å²) in [5.74, 6) is 0.639. The highest BCUT2D eigenvalue weighted by atomic mass is 16.3. The number of carbonyl (C=O) groups is 2. The number of hydrogen-bond donors (Lipinski definition) is 1. The van der Waals surface area contributed by atoms with Gasteiger partial charge in [-0.05, 0) is 50.2 Å². The summed E-state index contributed by atoms with van der Waals surface area (Å²) in [6.45, 7) is 9.01. The molecule has 2 aromatic heterocycles. The molecule has 8 heteroatoms. The quantitative estimate of drug-likeness (QED) is 0.583. The first-order chi connectivity index (χ1) is 15.6. The topological polar surface area (TPSA) is 83.6 Å². The summed E-state index contributed by atoms with van der Waals surface area (Å²) in [7, 11) is 0. The van der Waals surface area contributed by atoms with E-state index in [1.807, 2.05) is 24.3 Å². The number of nitrogens with zero attached hydrogens (tertiary/aromatic N) is 4. The van der Waals surface area contributed by atoms with E-state index >= 15 is 0 Å². The van der Waals surface area contributed by atoms with Crippen molar-refractivity contribution in [3.63, 3.8) is 0 Å². The highest BCUT2D eigenvalue weighted by molar-refractivity contribution is 5.94. The molecule has 0 saturated carbocycles. The number of para-hydroxylation sites is 2. The van der Waals surface area contributed by atoms with Crippen molar-refractivity contribution in [2.75, 3.05) is 38.0 Å². The SMILES string of the molecule is CCN(CC)CCn1c(NC(=O)C2CCN(C(=O)c3ccco3)CC2)nc2ccccc21. The van der Waals surface area contributed by atoms with E-state index in [-0.39, 0.29) is 17.7 Å². The lowest BCUT2D eigenvalue weighted by molar-refractivity contribution is -0.121. The molecular formula is C24H31N5O3. The Balaban J connectivity index is 1.42. The average molecular weight is 438 g/mol. The molecule has 0 spiro atoms. The summed E-state index contributed by atoms with van der Waals surface area (Å²) >= 11 is 0. The zero-order valence-corrected chi connectivity index (χ0v) is 18.8. The Morgan fingerprint density at radius 2 is 1.88 bits per heavy atom. The average Bonchev–Trinajstić information content (AvgIpc) is 3.48. The van der Waals surface area contributed by atoms with E-state index in [2.05, 4.69) is 33.6 Å². The number of hydrogen-bond acceptors (Lipinski definition) is 5. The van der Waals surface area contributed by atoms with Crippen LogP contribution in [0.4, 0.5) is 5.95 Å². The molecule has 32 heavy (non-hydrogen) atoms. The van der Waals surface area contributed by atoms with Crippen LogP contribution in [-0.2, 0) is 11.3 Å². The van der Waals surface area contributed by atoms with E-state index in [0.29, 0.717) is 37.6 Å². The molecule has 8 nitrogen and oxygen atoms in total. The third kappa shape index (κ3) is 4.70. The molecule has 0 radical (unpaired) electrons. The number of benzene rings is 1. The number of likely N-dealkylation sites (tertiary alicyclic amines) is 1. The van der Waals surface area contributed by atoms with Gasteiger partial charge in [-0.15, -0.1) is 0 Å². The molecule has 1 aromatic carbocycles. The van der Waals surface area contributed by atoms with Crippen LogP contribution in [0, 0.1) is 5.92 Å². The number of amides is 2. The first kappa shape index (κ1) is 22.1. The second kappa shape index (κ2) is 9.99. The molecule has 0 bridgehead atoms. The fourth-order valence-electron chi connectivity index (χ4n) is 4.29. The lowest BCUT2D eigenvalue weighted by atomic mass is 9.96. The van der Waals surface area contributed by atoms with Crippen LogP contribution >= 0.6 is 0 Å². The van der Waals surface area contributed by atoms with Gasteiger partial charge in [0.1, 0.15) is 0 Å². The Labute approximate surface area is 188 Å². The van der Waals surface area contributed by atoms with Crippen molar-refractivity contribution < 1.29 is 14.0 Å². The minimum absolute atomic E-state index is 0.0329. The molecule has 170 valence electrons. The van der Waals surface area contributed by atoms with Crippen LogP contribution in [0.2, 0.25) is 0 Å². The Bertz CT molecular complexity index is 1050. The summed E-state index contributed by atoms with van der Waals surface area (Å²) in [5, 5.41) is 3.07. The molecule has 0 atom stereocenters. The van der Waals surface area contributed by atoms with Gasteiger partial charge in [-0.2, -0.15) is 0 Å². The third-order valence-electron chi connectivity index (χ3n) is 6.31. The Morgan fingerprint density at radius 1 is 1.12 bits per heavy atom. The molecule has 1 aliphatic heterocycles. The highest BCUT2D eigenvalue weighted by Crippen LogP contribution is 2.24. The maximum absolute atomic E-state index is 13.1. The molecule has 4 rings (SSSR count). The van der Waals surface area contributed by atoms with Gasteiger partial charge in [0.15, 0.2) is 5.76 Å². The number of anilines is 1. The fraction of sp³-hybridized carbons (Fsp3) is 0.458. The summed E-state index contributed by atoms with van der Waals surface area (Å²) in [6, 6.07) is 11.3. The Kier molecular flexibility index (Phi) is 6.90. The van der Waals surface area contributed by atoms with Gasteiger partial charge in [-0.25, -0.2) is 4.98 Å². The standard InChI is InChI=1S/C24H31N5O3/c1-3-27(4-2)15-16-29-20-9-6-5-8-19(20)25-24(29)26-22(30)18-11-13-28(14-12-18)23(31)21-10-7-17-32-21/h5-10,17-18H,3-4,11-16H2,1-2H3,(H,25,26,30). The second-order valence-corrected chi connectivity index (χ2v) is 8.14. The van der Waals surface area contributed by atoms with Gasteiger partial charge in [0.25, 0.3) is 5.91 Å². The number of carbonyl (C=O) groups excluding carboxylic acids is 2. The minimum Gasteiger partial charge on any atom is -0.459 e. The molecule has 1 saturated heterocycles. The molecule has 1 fully saturated rings. The van der Waals surface area contributed by atoms with Crippen LogP contribution in [0.1, 0.15) is 37.2 Å². The van der Waals surface area contributed by atoms with E-state index in [0.717, 1.165) is 37.2 Å². The van der Waals surface area contributed by atoms with Crippen LogP contribution in [0.25, 0.3) is 11.0 Å². The van der Waals surface area contributed by atoms with Crippen molar-refractivity contribution in [1.82, 2.24) is 19.4 Å². The third-order valence-corrected chi connectivity index (χ3v) is 6.31. The van der Waals surface area contributed by atoms with E-state index in [1.54, 1.807) is 17.0 Å². The minimum atomic E-state index is -0.147. The monoisotopic (exact) mass is 437 g/mol. The maximum Gasteiger partial charge on any atom is 0.289 e. The predicted octanol–water partition coefficient (Wildman–Crippen LogP) is 3.46. The molecule has 0 unspecified atom stereocenters. The normalized spacial score (nSPS) is 14.9. The first-order valence-corrected chi connectivity index (χ1v) is 11.4. The fourth-order valence-corrected chi connectivity index (χ4v) is 4.29. The molecule has 3 heterocycles. The molecule has 3 aromatic rings. The summed E-state index contributed by atoms with van der Waals surface area (Å²) < 4.78 is 7.31. The number of aromatic nitrogens is 2. The zero-order chi connectivity index (χ0) is 22.5.